The largest absolute Gasteiger partial charge is 0.379 e. The van der Waals surface area contributed by atoms with Gasteiger partial charge in [0.25, 0.3) is 5.56 Å². The fourth-order valence-corrected chi connectivity index (χ4v) is 2.92. The summed E-state index contributed by atoms with van der Waals surface area (Å²) in [7, 11) is 0. The number of hydrogen-bond donors (Lipinski definition) is 1. The van der Waals surface area contributed by atoms with Crippen molar-refractivity contribution in [1.29, 1.82) is 0 Å². The fourth-order valence-electron chi connectivity index (χ4n) is 2.92. The Morgan fingerprint density at radius 3 is 2.89 bits per heavy atom. The average molecular weight is 264 g/mol. The van der Waals surface area contributed by atoms with Crippen molar-refractivity contribution in [1.82, 2.24) is 14.9 Å². The van der Waals surface area contributed by atoms with Crippen LogP contribution in [-0.2, 0) is 4.74 Å². The average Bonchev–Trinajstić information content (AvgIpc) is 2.88. The van der Waals surface area contributed by atoms with E-state index in [1.165, 1.54) is 0 Å². The maximum Gasteiger partial charge on any atom is 0.252 e. The van der Waals surface area contributed by atoms with Crippen molar-refractivity contribution in [2.75, 3.05) is 44.3 Å². The van der Waals surface area contributed by atoms with Gasteiger partial charge >= 0.3 is 0 Å². The zero-order valence-electron chi connectivity index (χ0n) is 11.3. The predicted octanol–water partition coefficient (Wildman–Crippen LogP) is -0.0108. The highest BCUT2D eigenvalue weighted by atomic mass is 16.5. The minimum atomic E-state index is -0.0719. The van der Waals surface area contributed by atoms with Crippen molar-refractivity contribution in [3.63, 3.8) is 0 Å². The van der Waals surface area contributed by atoms with E-state index in [0.717, 1.165) is 51.6 Å². The van der Waals surface area contributed by atoms with Crippen LogP contribution in [0.3, 0.4) is 0 Å². The summed E-state index contributed by atoms with van der Waals surface area (Å²) in [5, 5.41) is 0. The van der Waals surface area contributed by atoms with Crippen molar-refractivity contribution in [2.45, 2.75) is 19.4 Å². The number of hydrogen-bond acceptors (Lipinski definition) is 5. The molecule has 1 unspecified atom stereocenters. The lowest BCUT2D eigenvalue weighted by atomic mass is 10.2. The summed E-state index contributed by atoms with van der Waals surface area (Å²) in [5.41, 5.74) is -0.0719. The summed E-state index contributed by atoms with van der Waals surface area (Å²) in [6, 6.07) is 2.15. The Balaban J connectivity index is 1.69. The van der Waals surface area contributed by atoms with Crippen LogP contribution < -0.4 is 10.5 Å². The van der Waals surface area contributed by atoms with E-state index in [2.05, 4.69) is 19.8 Å². The number of nitrogens with zero attached hydrogens (tertiary/aromatic N) is 3. The molecule has 0 radical (unpaired) electrons. The van der Waals surface area contributed by atoms with Gasteiger partial charge in [0, 0.05) is 38.3 Å². The first kappa shape index (κ1) is 12.6. The van der Waals surface area contributed by atoms with E-state index in [4.69, 9.17) is 4.74 Å². The zero-order chi connectivity index (χ0) is 13.2. The van der Waals surface area contributed by atoms with Crippen molar-refractivity contribution in [3.8, 4) is 0 Å². The molecule has 2 aliphatic heterocycles. The van der Waals surface area contributed by atoms with Crippen LogP contribution in [0.2, 0.25) is 0 Å². The Labute approximate surface area is 112 Å². The molecule has 0 bridgehead atoms. The van der Waals surface area contributed by atoms with Crippen molar-refractivity contribution in [2.24, 2.45) is 0 Å². The first-order chi connectivity index (χ1) is 9.22. The Morgan fingerprint density at radius 1 is 1.37 bits per heavy atom. The summed E-state index contributed by atoms with van der Waals surface area (Å²) in [4.78, 5) is 23.3. The molecule has 104 valence electrons. The molecule has 19 heavy (non-hydrogen) atoms. The van der Waals surface area contributed by atoms with E-state index >= 15 is 0 Å². The number of rotatable bonds is 2. The van der Waals surface area contributed by atoms with Gasteiger partial charge in [0.2, 0.25) is 0 Å². The van der Waals surface area contributed by atoms with E-state index in [-0.39, 0.29) is 5.56 Å². The molecule has 3 heterocycles. The van der Waals surface area contributed by atoms with Crippen LogP contribution in [0.5, 0.6) is 0 Å². The normalized spacial score (nSPS) is 24.9. The molecule has 0 amide bonds. The minimum absolute atomic E-state index is 0.0719. The van der Waals surface area contributed by atoms with Gasteiger partial charge in [-0.3, -0.25) is 9.69 Å². The second-order valence-corrected chi connectivity index (χ2v) is 5.23. The van der Waals surface area contributed by atoms with Gasteiger partial charge in [-0.1, -0.05) is 0 Å². The lowest BCUT2D eigenvalue weighted by Gasteiger charge is -2.32. The molecule has 1 atom stereocenters. The van der Waals surface area contributed by atoms with Crippen LogP contribution in [0.1, 0.15) is 12.2 Å². The first-order valence-electron chi connectivity index (χ1n) is 6.87. The third-order valence-electron chi connectivity index (χ3n) is 3.90. The van der Waals surface area contributed by atoms with E-state index in [1.807, 2.05) is 6.92 Å². The Morgan fingerprint density at radius 2 is 2.16 bits per heavy atom. The summed E-state index contributed by atoms with van der Waals surface area (Å²) in [5.74, 6) is 1.48. The number of ether oxygens (including phenoxy) is 1. The third kappa shape index (κ3) is 2.79. The third-order valence-corrected chi connectivity index (χ3v) is 3.90. The van der Waals surface area contributed by atoms with Crippen LogP contribution in [-0.4, -0.2) is 60.3 Å². The van der Waals surface area contributed by atoms with Crippen LogP contribution >= 0.6 is 0 Å². The van der Waals surface area contributed by atoms with Gasteiger partial charge in [0.05, 0.1) is 13.2 Å². The van der Waals surface area contributed by atoms with Crippen molar-refractivity contribution >= 4 is 5.82 Å². The molecular weight excluding hydrogens is 244 g/mol. The number of aromatic nitrogens is 2. The molecule has 2 aliphatic rings. The standard InChI is InChI=1S/C13H20N4O2/c1-10-14-12(8-13(18)15-10)17-3-2-11(9-17)16-4-6-19-7-5-16/h8,11H,2-7,9H2,1H3,(H,14,15,18). The second-order valence-electron chi connectivity index (χ2n) is 5.23. The van der Waals surface area contributed by atoms with Gasteiger partial charge < -0.3 is 14.6 Å². The lowest BCUT2D eigenvalue weighted by Crippen LogP contribution is -2.44. The van der Waals surface area contributed by atoms with Gasteiger partial charge in [0.15, 0.2) is 0 Å². The van der Waals surface area contributed by atoms with Crippen molar-refractivity contribution in [3.05, 3.63) is 22.2 Å². The Bertz CT molecular complexity index is 496. The highest BCUT2D eigenvalue weighted by Crippen LogP contribution is 2.21. The lowest BCUT2D eigenvalue weighted by molar-refractivity contribution is 0.0209. The van der Waals surface area contributed by atoms with Crippen LogP contribution in [0.4, 0.5) is 5.82 Å². The number of H-pyrrole nitrogens is 1. The van der Waals surface area contributed by atoms with E-state index in [1.54, 1.807) is 6.07 Å². The molecule has 2 fully saturated rings. The second kappa shape index (κ2) is 5.30. The first-order valence-corrected chi connectivity index (χ1v) is 6.87. The van der Waals surface area contributed by atoms with E-state index in [0.29, 0.717) is 11.9 Å². The number of morpholine rings is 1. The van der Waals surface area contributed by atoms with E-state index in [9.17, 15) is 4.79 Å². The molecule has 1 aromatic rings. The molecule has 1 aromatic heterocycles. The molecule has 0 aliphatic carbocycles. The van der Waals surface area contributed by atoms with Gasteiger partial charge in [-0.05, 0) is 13.3 Å². The van der Waals surface area contributed by atoms with Gasteiger partial charge in [-0.15, -0.1) is 0 Å². The Hall–Kier alpha value is -1.40. The number of anilines is 1. The topological polar surface area (TPSA) is 61.5 Å². The molecule has 6 heteroatoms. The minimum Gasteiger partial charge on any atom is -0.379 e. The highest BCUT2D eigenvalue weighted by molar-refractivity contribution is 5.39. The molecular formula is C13H20N4O2. The summed E-state index contributed by atoms with van der Waals surface area (Å²) in [6.07, 6.45) is 1.13. The maximum absolute atomic E-state index is 11.5. The monoisotopic (exact) mass is 264 g/mol. The fraction of sp³-hybridized carbons (Fsp3) is 0.692. The zero-order valence-corrected chi connectivity index (χ0v) is 11.3. The van der Waals surface area contributed by atoms with Gasteiger partial charge in [-0.25, -0.2) is 4.98 Å². The van der Waals surface area contributed by atoms with Crippen LogP contribution in [0.25, 0.3) is 0 Å². The molecule has 1 N–H and O–H groups in total. The molecule has 0 aromatic carbocycles. The SMILES string of the molecule is Cc1nc(N2CCC(N3CCOCC3)C2)cc(=O)[nH]1. The molecule has 3 rings (SSSR count). The summed E-state index contributed by atoms with van der Waals surface area (Å²) < 4.78 is 5.39. The molecule has 6 nitrogen and oxygen atoms in total. The molecule has 0 spiro atoms. The maximum atomic E-state index is 11.5. The van der Waals surface area contributed by atoms with Crippen LogP contribution in [0, 0.1) is 6.92 Å². The number of aromatic amines is 1. The quantitative estimate of drug-likeness (QED) is 0.814. The smallest absolute Gasteiger partial charge is 0.252 e. The highest BCUT2D eigenvalue weighted by Gasteiger charge is 2.29. The van der Waals surface area contributed by atoms with E-state index < -0.39 is 0 Å². The van der Waals surface area contributed by atoms with Gasteiger partial charge in [0.1, 0.15) is 11.6 Å². The summed E-state index contributed by atoms with van der Waals surface area (Å²) >= 11 is 0. The van der Waals surface area contributed by atoms with Crippen molar-refractivity contribution < 1.29 is 4.74 Å². The molecule has 2 saturated heterocycles. The Kier molecular flexibility index (Phi) is 3.52. The van der Waals surface area contributed by atoms with Gasteiger partial charge in [-0.2, -0.15) is 0 Å². The van der Waals surface area contributed by atoms with Crippen LogP contribution in [0.15, 0.2) is 10.9 Å². The number of nitrogens with one attached hydrogen (secondary N) is 1. The number of aryl methyl sites for hydroxylation is 1. The predicted molar refractivity (Wildman–Crippen MR) is 72.6 cm³/mol. The summed E-state index contributed by atoms with van der Waals surface area (Å²) in [6.45, 7) is 7.44. The molecule has 0 saturated carbocycles.